The maximum Gasteiger partial charge on any atom is 0.416 e. The summed E-state index contributed by atoms with van der Waals surface area (Å²) in [6, 6.07) is 13.7. The molecular formula is C22H15ClF3N5OS. The number of nitriles is 1. The van der Waals surface area contributed by atoms with Crippen LogP contribution in [0.1, 0.15) is 28.2 Å². The van der Waals surface area contributed by atoms with Gasteiger partial charge in [0.1, 0.15) is 17.5 Å². The van der Waals surface area contributed by atoms with E-state index >= 15 is 0 Å². The highest BCUT2D eigenvalue weighted by Crippen LogP contribution is 2.44. The summed E-state index contributed by atoms with van der Waals surface area (Å²) in [5, 5.41) is 10.6. The Hall–Kier alpha value is -3.42. The van der Waals surface area contributed by atoms with Crippen molar-refractivity contribution in [3.8, 4) is 11.9 Å². The van der Waals surface area contributed by atoms with Gasteiger partial charge in [0.15, 0.2) is 5.16 Å². The SMILES string of the molecule is N#CC1=C(N)Oc2nc(SCc3ccc(Cl)cc3)nc(N)c2[C@H]1c1ccc(C(F)(F)F)cc1. The summed E-state index contributed by atoms with van der Waals surface area (Å²) in [4.78, 5) is 8.69. The Morgan fingerprint density at radius 3 is 2.33 bits per heavy atom. The smallest absolute Gasteiger partial charge is 0.416 e. The lowest BCUT2D eigenvalue weighted by Crippen LogP contribution is -2.24. The summed E-state index contributed by atoms with van der Waals surface area (Å²) in [5.41, 5.74) is 13.0. The van der Waals surface area contributed by atoms with Gasteiger partial charge in [-0.15, -0.1) is 0 Å². The summed E-state index contributed by atoms with van der Waals surface area (Å²) >= 11 is 7.21. The standard InChI is InChI=1S/C22H15ClF3N5OS/c23-14-7-1-11(2-8-14)10-33-21-30-18(28)17-16(15(9-27)19(29)32-20(17)31-21)12-3-5-13(6-4-12)22(24,25)26/h1-8,16H,10,29H2,(H2,28,30,31)/t16-/m0/s1. The van der Waals surface area contributed by atoms with Crippen LogP contribution >= 0.6 is 23.4 Å². The maximum absolute atomic E-state index is 13.0. The average molecular weight is 490 g/mol. The molecule has 2 heterocycles. The van der Waals surface area contributed by atoms with Gasteiger partial charge < -0.3 is 16.2 Å². The molecule has 3 aromatic rings. The van der Waals surface area contributed by atoms with Crippen LogP contribution in [0.5, 0.6) is 5.88 Å². The second-order valence-electron chi connectivity index (χ2n) is 7.07. The second kappa shape index (κ2) is 8.84. The van der Waals surface area contributed by atoms with Crippen molar-refractivity contribution in [3.05, 3.63) is 87.3 Å². The number of benzene rings is 2. The quantitative estimate of drug-likeness (QED) is 0.380. The van der Waals surface area contributed by atoms with Gasteiger partial charge in [0.05, 0.1) is 17.0 Å². The number of nitrogens with two attached hydrogens (primary N) is 2. The molecule has 11 heteroatoms. The molecule has 168 valence electrons. The number of rotatable bonds is 4. The number of halogens is 4. The Morgan fingerprint density at radius 2 is 1.73 bits per heavy atom. The van der Waals surface area contributed by atoms with Gasteiger partial charge in [-0.05, 0) is 35.4 Å². The zero-order chi connectivity index (χ0) is 23.8. The van der Waals surface area contributed by atoms with Crippen LogP contribution in [0.15, 0.2) is 65.1 Å². The molecule has 2 aromatic carbocycles. The van der Waals surface area contributed by atoms with Crippen LogP contribution in [-0.2, 0) is 11.9 Å². The summed E-state index contributed by atoms with van der Waals surface area (Å²) in [6.45, 7) is 0. The lowest BCUT2D eigenvalue weighted by Gasteiger charge is -2.26. The number of thioether (sulfide) groups is 1. The third kappa shape index (κ3) is 4.69. The predicted molar refractivity (Wildman–Crippen MR) is 118 cm³/mol. The highest BCUT2D eigenvalue weighted by atomic mass is 35.5. The average Bonchev–Trinajstić information content (AvgIpc) is 2.77. The number of nitrogen functional groups attached to an aromatic ring is 1. The Labute approximate surface area is 196 Å². The molecule has 1 aliphatic heterocycles. The minimum Gasteiger partial charge on any atom is -0.422 e. The summed E-state index contributed by atoms with van der Waals surface area (Å²) in [7, 11) is 0. The van der Waals surface area contributed by atoms with Crippen molar-refractivity contribution in [2.24, 2.45) is 5.73 Å². The maximum atomic E-state index is 13.0. The largest absolute Gasteiger partial charge is 0.422 e. The number of hydrogen-bond donors (Lipinski definition) is 2. The van der Waals surface area contributed by atoms with Crippen LogP contribution < -0.4 is 16.2 Å². The van der Waals surface area contributed by atoms with Gasteiger partial charge in [-0.2, -0.15) is 23.4 Å². The van der Waals surface area contributed by atoms with Gasteiger partial charge in [-0.1, -0.05) is 47.6 Å². The van der Waals surface area contributed by atoms with Gasteiger partial charge in [0.25, 0.3) is 0 Å². The van der Waals surface area contributed by atoms with Gasteiger partial charge in [-0.25, -0.2) is 4.98 Å². The molecule has 0 amide bonds. The lowest BCUT2D eigenvalue weighted by atomic mass is 9.84. The van der Waals surface area contributed by atoms with Gasteiger partial charge >= 0.3 is 6.18 Å². The van der Waals surface area contributed by atoms with Gasteiger partial charge in [-0.3, -0.25) is 0 Å². The first-order chi connectivity index (χ1) is 15.7. The van der Waals surface area contributed by atoms with Crippen LogP contribution in [0.2, 0.25) is 5.02 Å². The Balaban J connectivity index is 1.70. The summed E-state index contributed by atoms with van der Waals surface area (Å²) < 4.78 is 44.5. The molecule has 0 unspecified atom stereocenters. The van der Waals surface area contributed by atoms with Crippen LogP contribution in [0.3, 0.4) is 0 Å². The Kier molecular flexibility index (Phi) is 6.10. The summed E-state index contributed by atoms with van der Waals surface area (Å²) in [6.07, 6.45) is -4.49. The Bertz CT molecular complexity index is 1270. The van der Waals surface area contributed by atoms with Crippen molar-refractivity contribution >= 4 is 29.2 Å². The zero-order valence-corrected chi connectivity index (χ0v) is 18.3. The number of ether oxygens (including phenoxy) is 1. The molecule has 0 aliphatic carbocycles. The van der Waals surface area contributed by atoms with Gasteiger partial charge in [0.2, 0.25) is 11.8 Å². The number of nitrogens with zero attached hydrogens (tertiary/aromatic N) is 3. The number of fused-ring (bicyclic) bond motifs is 1. The fraction of sp³-hybridized carbons (Fsp3) is 0.136. The first-order valence-corrected chi connectivity index (χ1v) is 10.8. The molecule has 6 nitrogen and oxygen atoms in total. The summed E-state index contributed by atoms with van der Waals surface area (Å²) in [5.74, 6) is -0.420. The number of anilines is 1. The van der Waals surface area contributed by atoms with Crippen molar-refractivity contribution < 1.29 is 17.9 Å². The molecule has 1 aromatic heterocycles. The van der Waals surface area contributed by atoms with E-state index in [-0.39, 0.29) is 28.7 Å². The highest BCUT2D eigenvalue weighted by Gasteiger charge is 2.36. The van der Waals surface area contributed by atoms with E-state index in [1.54, 1.807) is 12.1 Å². The number of aromatic nitrogens is 2. The van der Waals surface area contributed by atoms with Crippen molar-refractivity contribution in [2.45, 2.75) is 23.0 Å². The van der Waals surface area contributed by atoms with Crippen molar-refractivity contribution in [2.75, 3.05) is 5.73 Å². The van der Waals surface area contributed by atoms with E-state index in [0.29, 0.717) is 21.5 Å². The molecule has 4 N–H and O–H groups in total. The van der Waals surface area contributed by atoms with E-state index in [2.05, 4.69) is 9.97 Å². The molecule has 0 spiro atoms. The van der Waals surface area contributed by atoms with E-state index in [4.69, 9.17) is 27.8 Å². The molecule has 1 aliphatic rings. The van der Waals surface area contributed by atoms with E-state index < -0.39 is 17.7 Å². The molecule has 0 saturated carbocycles. The molecule has 1 atom stereocenters. The fourth-order valence-electron chi connectivity index (χ4n) is 3.35. The molecule has 0 bridgehead atoms. The van der Waals surface area contributed by atoms with Crippen molar-refractivity contribution in [3.63, 3.8) is 0 Å². The molecule has 0 fully saturated rings. The third-order valence-corrected chi connectivity index (χ3v) is 6.11. The second-order valence-corrected chi connectivity index (χ2v) is 8.45. The van der Waals surface area contributed by atoms with E-state index in [1.807, 2.05) is 18.2 Å². The topological polar surface area (TPSA) is 111 Å². The molecule has 4 rings (SSSR count). The number of alkyl halides is 3. The van der Waals surface area contributed by atoms with E-state index in [1.165, 1.54) is 23.9 Å². The lowest BCUT2D eigenvalue weighted by molar-refractivity contribution is -0.137. The molecule has 0 saturated heterocycles. The molecule has 0 radical (unpaired) electrons. The first-order valence-electron chi connectivity index (χ1n) is 9.46. The van der Waals surface area contributed by atoms with Crippen LogP contribution in [-0.4, -0.2) is 9.97 Å². The zero-order valence-electron chi connectivity index (χ0n) is 16.7. The van der Waals surface area contributed by atoms with Crippen LogP contribution in [0.4, 0.5) is 19.0 Å². The monoisotopic (exact) mass is 489 g/mol. The Morgan fingerprint density at radius 1 is 1.06 bits per heavy atom. The van der Waals surface area contributed by atoms with E-state index in [9.17, 15) is 18.4 Å². The third-order valence-electron chi connectivity index (χ3n) is 4.94. The van der Waals surface area contributed by atoms with Crippen molar-refractivity contribution in [1.29, 1.82) is 5.26 Å². The molecular weight excluding hydrogens is 475 g/mol. The van der Waals surface area contributed by atoms with Crippen LogP contribution in [0, 0.1) is 11.3 Å². The minimum atomic E-state index is -4.49. The first kappa shape index (κ1) is 22.8. The number of allylic oxidation sites excluding steroid dienone is 1. The van der Waals surface area contributed by atoms with E-state index in [0.717, 1.165) is 17.7 Å². The predicted octanol–water partition coefficient (Wildman–Crippen LogP) is 5.24. The van der Waals surface area contributed by atoms with Crippen molar-refractivity contribution in [1.82, 2.24) is 9.97 Å². The highest BCUT2D eigenvalue weighted by molar-refractivity contribution is 7.98. The number of hydrogen-bond acceptors (Lipinski definition) is 7. The minimum absolute atomic E-state index is 0.0131. The van der Waals surface area contributed by atoms with Gasteiger partial charge in [0, 0.05) is 10.8 Å². The van der Waals surface area contributed by atoms with Crippen LogP contribution in [0.25, 0.3) is 0 Å². The normalized spacial score (nSPS) is 15.5. The fourth-order valence-corrected chi connectivity index (χ4v) is 4.27. The molecule has 33 heavy (non-hydrogen) atoms.